The largest absolute Gasteiger partial charge is 0.323 e. The lowest BCUT2D eigenvalue weighted by Gasteiger charge is -2.24. The van der Waals surface area contributed by atoms with Gasteiger partial charge in [0, 0.05) is 11.6 Å². The third-order valence-corrected chi connectivity index (χ3v) is 4.82. The van der Waals surface area contributed by atoms with Gasteiger partial charge in [-0.3, -0.25) is 9.69 Å². The summed E-state index contributed by atoms with van der Waals surface area (Å²) in [5.41, 5.74) is 1.47. The van der Waals surface area contributed by atoms with Crippen LogP contribution in [0, 0.1) is 0 Å². The van der Waals surface area contributed by atoms with Gasteiger partial charge in [0.1, 0.15) is 0 Å². The third-order valence-electron chi connectivity index (χ3n) is 3.63. The molecular weight excluding hydrogens is 355 g/mol. The van der Waals surface area contributed by atoms with E-state index in [0.29, 0.717) is 27.3 Å². The topological polar surface area (TPSA) is 32.3 Å². The number of halogens is 3. The minimum atomic E-state index is -0.360. The molecule has 1 unspecified atom stereocenters. The predicted molar refractivity (Wildman–Crippen MR) is 97.5 cm³/mol. The Morgan fingerprint density at radius 2 is 1.74 bits per heavy atom. The van der Waals surface area contributed by atoms with Crippen LogP contribution in [-0.2, 0) is 11.3 Å². The third kappa shape index (κ3) is 4.61. The first kappa shape index (κ1) is 18.1. The zero-order valence-corrected chi connectivity index (χ0v) is 15.1. The molecule has 0 aliphatic rings. The summed E-state index contributed by atoms with van der Waals surface area (Å²) in [6.07, 6.45) is 0. The lowest BCUT2D eigenvalue weighted by Crippen LogP contribution is -2.39. The molecule has 0 aliphatic heterocycles. The van der Waals surface area contributed by atoms with Gasteiger partial charge in [-0.1, -0.05) is 59.1 Å². The number of nitrogens with one attached hydrogen (secondary N) is 1. The van der Waals surface area contributed by atoms with Gasteiger partial charge in [-0.05, 0) is 37.7 Å². The van der Waals surface area contributed by atoms with E-state index in [9.17, 15) is 4.79 Å². The van der Waals surface area contributed by atoms with Crippen LogP contribution >= 0.6 is 34.8 Å². The number of amides is 1. The SMILES string of the molecule is CC(C(=O)Nc1cccc(Cl)c1Cl)N(C)Cc1ccccc1Cl. The Labute approximate surface area is 151 Å². The molecule has 122 valence electrons. The molecule has 0 saturated carbocycles. The normalized spacial score (nSPS) is 12.3. The van der Waals surface area contributed by atoms with Gasteiger partial charge < -0.3 is 5.32 Å². The molecule has 0 aliphatic carbocycles. The molecule has 1 N–H and O–H groups in total. The van der Waals surface area contributed by atoms with Crippen LogP contribution in [0.1, 0.15) is 12.5 Å². The van der Waals surface area contributed by atoms with Gasteiger partial charge in [0.25, 0.3) is 0 Å². The van der Waals surface area contributed by atoms with Crippen LogP contribution in [-0.4, -0.2) is 23.9 Å². The van der Waals surface area contributed by atoms with Crippen molar-refractivity contribution in [3.8, 4) is 0 Å². The van der Waals surface area contributed by atoms with Crippen LogP contribution in [0.25, 0.3) is 0 Å². The highest BCUT2D eigenvalue weighted by Crippen LogP contribution is 2.29. The Kier molecular flexibility index (Phi) is 6.31. The lowest BCUT2D eigenvalue weighted by molar-refractivity contribution is -0.120. The van der Waals surface area contributed by atoms with E-state index >= 15 is 0 Å². The van der Waals surface area contributed by atoms with Crippen molar-refractivity contribution in [3.63, 3.8) is 0 Å². The summed E-state index contributed by atoms with van der Waals surface area (Å²) in [4.78, 5) is 14.3. The van der Waals surface area contributed by atoms with E-state index in [1.54, 1.807) is 18.2 Å². The van der Waals surface area contributed by atoms with Crippen LogP contribution in [0.15, 0.2) is 42.5 Å². The van der Waals surface area contributed by atoms with Crippen molar-refractivity contribution >= 4 is 46.4 Å². The van der Waals surface area contributed by atoms with E-state index < -0.39 is 0 Å². The Balaban J connectivity index is 2.04. The summed E-state index contributed by atoms with van der Waals surface area (Å²) < 4.78 is 0. The molecule has 0 heterocycles. The number of benzene rings is 2. The zero-order chi connectivity index (χ0) is 17.0. The zero-order valence-electron chi connectivity index (χ0n) is 12.8. The fourth-order valence-corrected chi connectivity index (χ4v) is 2.61. The molecule has 0 bridgehead atoms. The molecule has 23 heavy (non-hydrogen) atoms. The van der Waals surface area contributed by atoms with Gasteiger partial charge in [-0.25, -0.2) is 0 Å². The summed E-state index contributed by atoms with van der Waals surface area (Å²) in [6, 6.07) is 12.3. The van der Waals surface area contributed by atoms with Gasteiger partial charge in [-0.15, -0.1) is 0 Å². The lowest BCUT2D eigenvalue weighted by atomic mass is 10.2. The monoisotopic (exact) mass is 370 g/mol. The smallest absolute Gasteiger partial charge is 0.241 e. The number of anilines is 1. The van der Waals surface area contributed by atoms with Gasteiger partial charge in [0.2, 0.25) is 5.91 Å². The van der Waals surface area contributed by atoms with E-state index in [-0.39, 0.29) is 11.9 Å². The van der Waals surface area contributed by atoms with E-state index in [1.807, 2.05) is 43.1 Å². The Bertz CT molecular complexity index is 706. The summed E-state index contributed by atoms with van der Waals surface area (Å²) in [5.74, 6) is -0.163. The van der Waals surface area contributed by atoms with Crippen molar-refractivity contribution < 1.29 is 4.79 Å². The number of hydrogen-bond acceptors (Lipinski definition) is 2. The number of carbonyl (C=O) groups is 1. The summed E-state index contributed by atoms with van der Waals surface area (Å²) in [6.45, 7) is 2.39. The van der Waals surface area contributed by atoms with Crippen molar-refractivity contribution in [1.82, 2.24) is 4.90 Å². The second-order valence-corrected chi connectivity index (χ2v) is 6.47. The van der Waals surface area contributed by atoms with Gasteiger partial charge in [0.15, 0.2) is 0 Å². The van der Waals surface area contributed by atoms with Crippen molar-refractivity contribution in [2.24, 2.45) is 0 Å². The molecular formula is C17H17Cl3N2O. The Hall–Kier alpha value is -1.26. The molecule has 6 heteroatoms. The summed E-state index contributed by atoms with van der Waals surface area (Å²) in [5, 5.41) is 4.23. The van der Waals surface area contributed by atoms with Crippen LogP contribution in [0.2, 0.25) is 15.1 Å². The summed E-state index contributed by atoms with van der Waals surface area (Å²) >= 11 is 18.2. The summed E-state index contributed by atoms with van der Waals surface area (Å²) in [7, 11) is 1.87. The molecule has 1 amide bonds. The molecule has 0 aromatic heterocycles. The standard InChI is InChI=1S/C17H17Cl3N2O/c1-11(22(2)10-12-6-3-4-7-13(12)18)17(23)21-15-9-5-8-14(19)16(15)20/h3-9,11H,10H2,1-2H3,(H,21,23). The molecule has 1 atom stereocenters. The molecule has 0 saturated heterocycles. The molecule has 0 fully saturated rings. The van der Waals surface area contributed by atoms with Crippen molar-refractivity contribution in [3.05, 3.63) is 63.1 Å². The molecule has 2 rings (SSSR count). The first-order valence-electron chi connectivity index (χ1n) is 7.08. The van der Waals surface area contributed by atoms with E-state index in [0.717, 1.165) is 5.56 Å². The second-order valence-electron chi connectivity index (χ2n) is 5.27. The molecule has 2 aromatic rings. The number of nitrogens with zero attached hydrogens (tertiary/aromatic N) is 1. The molecule has 2 aromatic carbocycles. The first-order valence-corrected chi connectivity index (χ1v) is 8.22. The fraction of sp³-hybridized carbons (Fsp3) is 0.235. The number of rotatable bonds is 5. The highest BCUT2D eigenvalue weighted by atomic mass is 35.5. The van der Waals surface area contributed by atoms with Crippen LogP contribution in [0.4, 0.5) is 5.69 Å². The average Bonchev–Trinajstić information content (AvgIpc) is 2.53. The van der Waals surface area contributed by atoms with Gasteiger partial charge in [0.05, 0.1) is 21.8 Å². The van der Waals surface area contributed by atoms with E-state index in [1.165, 1.54) is 0 Å². The second kappa shape index (κ2) is 8.02. The Morgan fingerprint density at radius 1 is 1.09 bits per heavy atom. The van der Waals surface area contributed by atoms with Crippen LogP contribution in [0.3, 0.4) is 0 Å². The average molecular weight is 372 g/mol. The van der Waals surface area contributed by atoms with Crippen molar-refractivity contribution in [2.45, 2.75) is 19.5 Å². The molecule has 0 spiro atoms. The number of carbonyl (C=O) groups excluding carboxylic acids is 1. The minimum absolute atomic E-state index is 0.163. The van der Waals surface area contributed by atoms with Gasteiger partial charge in [-0.2, -0.15) is 0 Å². The highest BCUT2D eigenvalue weighted by molar-refractivity contribution is 6.44. The van der Waals surface area contributed by atoms with E-state index in [4.69, 9.17) is 34.8 Å². The van der Waals surface area contributed by atoms with Crippen molar-refractivity contribution in [1.29, 1.82) is 0 Å². The number of likely N-dealkylation sites (N-methyl/N-ethyl adjacent to an activating group) is 1. The maximum atomic E-state index is 12.4. The molecule has 3 nitrogen and oxygen atoms in total. The first-order chi connectivity index (χ1) is 10.9. The quantitative estimate of drug-likeness (QED) is 0.792. The highest BCUT2D eigenvalue weighted by Gasteiger charge is 2.20. The predicted octanol–water partition coefficient (Wildman–Crippen LogP) is 5.11. The Morgan fingerprint density at radius 3 is 2.43 bits per heavy atom. The van der Waals surface area contributed by atoms with Crippen molar-refractivity contribution in [2.75, 3.05) is 12.4 Å². The van der Waals surface area contributed by atoms with Crippen LogP contribution in [0.5, 0.6) is 0 Å². The maximum absolute atomic E-state index is 12.4. The van der Waals surface area contributed by atoms with Crippen LogP contribution < -0.4 is 5.32 Å². The maximum Gasteiger partial charge on any atom is 0.241 e. The minimum Gasteiger partial charge on any atom is -0.323 e. The fourth-order valence-electron chi connectivity index (χ4n) is 2.07. The number of hydrogen-bond donors (Lipinski definition) is 1. The van der Waals surface area contributed by atoms with E-state index in [2.05, 4.69) is 5.32 Å². The molecule has 0 radical (unpaired) electrons. The van der Waals surface area contributed by atoms with Gasteiger partial charge >= 0.3 is 0 Å².